The standard InChI is InChI=1S/C21H23N5O3/c1-12(2)15-10-16(19(28)11-18(15)27)20-23-24-21(29)26(20)14-3-4-17-13(9-14)5-7-25(17)8-6-22/h3-5,7,9-12,27-28H,6,8,22H2,1-2H3,(H,24,29). The Morgan fingerprint density at radius 2 is 1.79 bits per heavy atom. The maximum Gasteiger partial charge on any atom is 0.319 e. The van der Waals surface area contributed by atoms with Gasteiger partial charge in [0, 0.05) is 36.3 Å². The zero-order chi connectivity index (χ0) is 20.7. The van der Waals surface area contributed by atoms with Gasteiger partial charge in [0.2, 0.25) is 0 Å². The average molecular weight is 393 g/mol. The molecule has 0 saturated carbocycles. The maximum absolute atomic E-state index is 10.4. The average Bonchev–Trinajstić information content (AvgIpc) is 3.25. The van der Waals surface area contributed by atoms with Gasteiger partial charge in [0.25, 0.3) is 0 Å². The molecule has 0 amide bonds. The summed E-state index contributed by atoms with van der Waals surface area (Å²) in [6, 6.07) is 10.4. The highest BCUT2D eigenvalue weighted by molar-refractivity contribution is 5.83. The highest BCUT2D eigenvalue weighted by Gasteiger charge is 2.21. The van der Waals surface area contributed by atoms with E-state index in [-0.39, 0.29) is 29.3 Å². The minimum atomic E-state index is -0.292. The van der Waals surface area contributed by atoms with E-state index in [4.69, 9.17) is 5.73 Å². The van der Waals surface area contributed by atoms with E-state index >= 15 is 0 Å². The summed E-state index contributed by atoms with van der Waals surface area (Å²) in [4.78, 5) is 0. The van der Waals surface area contributed by atoms with Crippen molar-refractivity contribution in [3.8, 4) is 34.6 Å². The Hall–Kier alpha value is -3.52. The summed E-state index contributed by atoms with van der Waals surface area (Å²) in [5.74, 6) is 0.190. The number of hydrogen-bond donors (Lipinski definition) is 4. The molecule has 0 bridgehead atoms. The first-order chi connectivity index (χ1) is 13.9. The molecule has 0 radical (unpaired) electrons. The molecule has 0 fully saturated rings. The van der Waals surface area contributed by atoms with Crippen molar-refractivity contribution >= 4 is 10.9 Å². The van der Waals surface area contributed by atoms with Crippen LogP contribution < -0.4 is 5.73 Å². The van der Waals surface area contributed by atoms with E-state index in [1.807, 2.05) is 44.3 Å². The molecule has 150 valence electrons. The van der Waals surface area contributed by atoms with E-state index in [0.29, 0.717) is 29.9 Å². The van der Waals surface area contributed by atoms with Crippen LogP contribution in [0.25, 0.3) is 28.0 Å². The molecule has 29 heavy (non-hydrogen) atoms. The summed E-state index contributed by atoms with van der Waals surface area (Å²) < 4.78 is 3.53. The lowest BCUT2D eigenvalue weighted by atomic mass is 9.98. The van der Waals surface area contributed by atoms with Gasteiger partial charge in [0.05, 0.1) is 11.3 Å². The van der Waals surface area contributed by atoms with Crippen molar-refractivity contribution < 1.29 is 15.3 Å². The zero-order valence-corrected chi connectivity index (χ0v) is 16.2. The second-order valence-electron chi connectivity index (χ2n) is 7.28. The molecule has 4 aromatic rings. The molecule has 0 spiro atoms. The second-order valence-corrected chi connectivity index (χ2v) is 7.28. The van der Waals surface area contributed by atoms with Crippen molar-refractivity contribution in [3.63, 3.8) is 0 Å². The molecule has 2 heterocycles. The van der Waals surface area contributed by atoms with Gasteiger partial charge in [-0.3, -0.25) is 0 Å². The Kier molecular flexibility index (Phi) is 4.63. The van der Waals surface area contributed by atoms with Crippen LogP contribution in [0, 0.1) is 0 Å². The molecular formula is C21H23N5O3. The van der Waals surface area contributed by atoms with Crippen molar-refractivity contribution in [1.29, 1.82) is 0 Å². The van der Waals surface area contributed by atoms with Crippen molar-refractivity contribution in [2.45, 2.75) is 26.3 Å². The molecule has 2 aromatic carbocycles. The fourth-order valence-electron chi connectivity index (χ4n) is 3.58. The summed E-state index contributed by atoms with van der Waals surface area (Å²) in [5.41, 5.74) is 8.39. The monoisotopic (exact) mass is 393 g/mol. The van der Waals surface area contributed by atoms with Gasteiger partial charge in [0.1, 0.15) is 11.5 Å². The predicted octanol–water partition coefficient (Wildman–Crippen LogP) is 3.09. The largest absolute Gasteiger partial charge is 0.508 e. The van der Waals surface area contributed by atoms with E-state index < -0.39 is 0 Å². The molecule has 0 aliphatic heterocycles. The van der Waals surface area contributed by atoms with E-state index in [2.05, 4.69) is 14.8 Å². The van der Waals surface area contributed by atoms with Gasteiger partial charge < -0.3 is 25.6 Å². The normalized spacial score (nSPS) is 11.6. The van der Waals surface area contributed by atoms with Crippen LogP contribution in [0.4, 0.5) is 0 Å². The van der Waals surface area contributed by atoms with Gasteiger partial charge in [-0.15, -0.1) is 5.10 Å². The Morgan fingerprint density at radius 3 is 2.52 bits per heavy atom. The molecule has 5 N–H and O–H groups in total. The molecular weight excluding hydrogens is 370 g/mol. The molecule has 8 nitrogen and oxygen atoms in total. The number of phenolic OH excluding ortho intramolecular Hbond substituents is 2. The Balaban J connectivity index is 1.87. The lowest BCUT2D eigenvalue weighted by Crippen LogP contribution is -2.08. The number of rotatable bonds is 5. The number of nitrogens with zero attached hydrogens (tertiary/aromatic N) is 4. The third-order valence-corrected chi connectivity index (χ3v) is 5.04. The fourth-order valence-corrected chi connectivity index (χ4v) is 3.58. The van der Waals surface area contributed by atoms with Gasteiger partial charge in [-0.25, -0.2) is 4.57 Å². The Morgan fingerprint density at radius 1 is 1.00 bits per heavy atom. The quantitative estimate of drug-likeness (QED) is 0.413. The van der Waals surface area contributed by atoms with Crippen LogP contribution in [0.15, 0.2) is 42.6 Å². The minimum Gasteiger partial charge on any atom is -0.508 e. The lowest BCUT2D eigenvalue weighted by molar-refractivity contribution is 0.420. The molecule has 4 rings (SSSR count). The number of fused-ring (bicyclic) bond motifs is 1. The van der Waals surface area contributed by atoms with Crippen LogP contribution in [0.1, 0.15) is 25.3 Å². The fraction of sp³-hybridized carbons (Fsp3) is 0.238. The molecule has 0 atom stereocenters. The van der Waals surface area contributed by atoms with Crippen molar-refractivity contribution in [2.75, 3.05) is 6.54 Å². The zero-order valence-electron chi connectivity index (χ0n) is 16.2. The van der Waals surface area contributed by atoms with E-state index in [1.165, 1.54) is 10.6 Å². The van der Waals surface area contributed by atoms with E-state index in [1.54, 1.807) is 6.07 Å². The third-order valence-electron chi connectivity index (χ3n) is 5.04. The molecule has 0 saturated heterocycles. The van der Waals surface area contributed by atoms with Gasteiger partial charge >= 0.3 is 6.01 Å². The van der Waals surface area contributed by atoms with E-state index in [0.717, 1.165) is 10.9 Å². The Labute approximate surface area is 167 Å². The first-order valence-electron chi connectivity index (χ1n) is 9.40. The predicted molar refractivity (Wildman–Crippen MR) is 110 cm³/mol. The summed E-state index contributed by atoms with van der Waals surface area (Å²) in [5, 5.41) is 39.8. The summed E-state index contributed by atoms with van der Waals surface area (Å²) >= 11 is 0. The number of aromatic hydroxyl groups is 3. The smallest absolute Gasteiger partial charge is 0.319 e. The summed E-state index contributed by atoms with van der Waals surface area (Å²) in [6.45, 7) is 5.14. The molecule has 0 aliphatic carbocycles. The van der Waals surface area contributed by atoms with Crippen LogP contribution in [0.3, 0.4) is 0 Å². The molecule has 0 unspecified atom stereocenters. The van der Waals surface area contributed by atoms with Crippen LogP contribution in [0.5, 0.6) is 17.5 Å². The van der Waals surface area contributed by atoms with Crippen LogP contribution in [-0.4, -0.2) is 41.2 Å². The highest BCUT2D eigenvalue weighted by Crippen LogP contribution is 2.39. The van der Waals surface area contributed by atoms with Gasteiger partial charge in [-0.05, 0) is 41.8 Å². The second kappa shape index (κ2) is 7.14. The van der Waals surface area contributed by atoms with Crippen LogP contribution in [0.2, 0.25) is 0 Å². The number of nitrogens with two attached hydrogens (primary N) is 1. The summed E-state index contributed by atoms with van der Waals surface area (Å²) in [6.07, 6.45) is 1.97. The van der Waals surface area contributed by atoms with E-state index in [9.17, 15) is 15.3 Å². The number of hydrogen-bond acceptors (Lipinski definition) is 6. The van der Waals surface area contributed by atoms with Gasteiger partial charge in [-0.2, -0.15) is 0 Å². The molecule has 2 aromatic heterocycles. The highest BCUT2D eigenvalue weighted by atomic mass is 16.3. The first-order valence-corrected chi connectivity index (χ1v) is 9.40. The van der Waals surface area contributed by atoms with Gasteiger partial charge in [0.15, 0.2) is 5.82 Å². The minimum absolute atomic E-state index is 0.0131. The number of aromatic nitrogens is 4. The molecule has 0 aliphatic rings. The maximum atomic E-state index is 10.4. The van der Waals surface area contributed by atoms with Crippen LogP contribution in [-0.2, 0) is 6.54 Å². The van der Waals surface area contributed by atoms with Crippen LogP contribution >= 0.6 is 0 Å². The Bertz CT molecular complexity index is 1190. The number of benzene rings is 2. The molecule has 8 heteroatoms. The SMILES string of the molecule is CC(C)c1cc(-c2nnc(O)n2-c2ccc3c(ccn3CCN)c2)c(O)cc1O. The van der Waals surface area contributed by atoms with Crippen molar-refractivity contribution in [2.24, 2.45) is 5.73 Å². The van der Waals surface area contributed by atoms with Crippen molar-refractivity contribution in [3.05, 3.63) is 48.2 Å². The van der Waals surface area contributed by atoms with Crippen molar-refractivity contribution in [1.82, 2.24) is 19.3 Å². The topological polar surface area (TPSA) is 122 Å². The lowest BCUT2D eigenvalue weighted by Gasteiger charge is -2.14. The summed E-state index contributed by atoms with van der Waals surface area (Å²) in [7, 11) is 0. The van der Waals surface area contributed by atoms with Gasteiger partial charge in [-0.1, -0.05) is 18.9 Å². The first kappa shape index (κ1) is 18.8. The number of phenols is 2. The third kappa shape index (κ3) is 3.17.